The van der Waals surface area contributed by atoms with Crippen LogP contribution >= 0.6 is 0 Å². The molecule has 1 heterocycles. The molecule has 1 unspecified atom stereocenters. The fourth-order valence-electron chi connectivity index (χ4n) is 1.47. The number of Topliss-reactive ketones (excluding diaryl/α,β-unsaturated/α-hetero) is 1. The van der Waals surface area contributed by atoms with Gasteiger partial charge in [-0.2, -0.15) is 0 Å². The summed E-state index contributed by atoms with van der Waals surface area (Å²) >= 11 is 0. The van der Waals surface area contributed by atoms with E-state index in [4.69, 9.17) is 9.47 Å². The number of hydrogen-bond donors (Lipinski definition) is 0. The van der Waals surface area contributed by atoms with Crippen molar-refractivity contribution in [2.24, 2.45) is 0 Å². The molecular weight excluding hydrogens is 148 g/mol. The first kappa shape index (κ1) is 6.79. The van der Waals surface area contributed by atoms with Gasteiger partial charge in [0.2, 0.25) is 5.79 Å². The summed E-state index contributed by atoms with van der Waals surface area (Å²) in [7, 11) is 0. The Hall–Kier alpha value is -0.900. The second kappa shape index (κ2) is 2.04. The van der Waals surface area contributed by atoms with Gasteiger partial charge in [-0.15, -0.1) is 0 Å². The number of hydrogen-bond acceptors (Lipinski definition) is 4. The molecule has 0 aromatic heterocycles. The minimum Gasteiger partial charge on any atom is -0.431 e. The van der Waals surface area contributed by atoms with Crippen LogP contribution in [0.3, 0.4) is 0 Å². The van der Waals surface area contributed by atoms with Gasteiger partial charge in [-0.05, 0) is 0 Å². The van der Waals surface area contributed by atoms with Crippen molar-refractivity contribution in [3.63, 3.8) is 0 Å². The lowest BCUT2D eigenvalue weighted by Gasteiger charge is -2.17. The van der Waals surface area contributed by atoms with Crippen LogP contribution in [0.1, 0.15) is 19.3 Å². The molecule has 2 fully saturated rings. The first-order valence-corrected chi connectivity index (χ1v) is 3.58. The van der Waals surface area contributed by atoms with Crippen LogP contribution in [0.4, 0.5) is 0 Å². The zero-order valence-electron chi connectivity index (χ0n) is 5.96. The molecular formula is C7H8O4. The Morgan fingerprint density at radius 1 is 1.36 bits per heavy atom. The normalized spacial score (nSPS) is 36.7. The molecule has 1 spiro atoms. The molecule has 1 saturated carbocycles. The van der Waals surface area contributed by atoms with Crippen LogP contribution in [0.5, 0.6) is 0 Å². The minimum absolute atomic E-state index is 0.00667. The van der Waals surface area contributed by atoms with Crippen molar-refractivity contribution in [3.05, 3.63) is 0 Å². The molecule has 1 aliphatic heterocycles. The summed E-state index contributed by atoms with van der Waals surface area (Å²) in [5.74, 6) is -1.12. The zero-order chi connectivity index (χ0) is 7.90. The largest absolute Gasteiger partial charge is 0.431 e. The van der Waals surface area contributed by atoms with Gasteiger partial charge in [0.25, 0.3) is 0 Å². The highest BCUT2D eigenvalue weighted by molar-refractivity contribution is 5.83. The van der Waals surface area contributed by atoms with E-state index in [-0.39, 0.29) is 24.8 Å². The van der Waals surface area contributed by atoms with Crippen LogP contribution in [0.25, 0.3) is 0 Å². The van der Waals surface area contributed by atoms with E-state index in [1.165, 1.54) is 0 Å². The second-order valence-corrected chi connectivity index (χ2v) is 2.89. The van der Waals surface area contributed by atoms with E-state index in [0.717, 1.165) is 0 Å². The molecule has 4 heteroatoms. The van der Waals surface area contributed by atoms with Crippen molar-refractivity contribution in [1.82, 2.24) is 0 Å². The highest BCUT2D eigenvalue weighted by Crippen LogP contribution is 2.35. The van der Waals surface area contributed by atoms with E-state index in [1.54, 1.807) is 0 Å². The van der Waals surface area contributed by atoms with Crippen LogP contribution in [0, 0.1) is 0 Å². The lowest BCUT2D eigenvalue weighted by molar-refractivity contribution is -0.170. The van der Waals surface area contributed by atoms with Crippen LogP contribution in [-0.4, -0.2) is 24.1 Å². The van der Waals surface area contributed by atoms with Gasteiger partial charge in [0.05, 0.1) is 6.42 Å². The van der Waals surface area contributed by atoms with Crippen molar-refractivity contribution >= 4 is 11.8 Å². The third-order valence-corrected chi connectivity index (χ3v) is 2.00. The Bertz CT molecular complexity index is 196. The van der Waals surface area contributed by atoms with Crippen molar-refractivity contribution in [2.45, 2.75) is 25.0 Å². The Morgan fingerprint density at radius 3 is 2.64 bits per heavy atom. The summed E-state index contributed by atoms with van der Waals surface area (Å²) in [6.07, 6.45) is 1.23. The van der Waals surface area contributed by atoms with E-state index in [9.17, 15) is 9.59 Å². The Kier molecular flexibility index (Phi) is 1.26. The van der Waals surface area contributed by atoms with Crippen molar-refractivity contribution < 1.29 is 19.1 Å². The number of ether oxygens (including phenoxy) is 2. The van der Waals surface area contributed by atoms with Crippen LogP contribution in [0.15, 0.2) is 0 Å². The van der Waals surface area contributed by atoms with E-state index in [2.05, 4.69) is 0 Å². The number of ketones is 1. The van der Waals surface area contributed by atoms with Gasteiger partial charge >= 0.3 is 5.97 Å². The summed E-state index contributed by atoms with van der Waals surface area (Å²) < 4.78 is 9.99. The molecule has 1 saturated heterocycles. The quantitative estimate of drug-likeness (QED) is 0.463. The molecule has 0 bridgehead atoms. The highest BCUT2D eigenvalue weighted by atomic mass is 16.8. The summed E-state index contributed by atoms with van der Waals surface area (Å²) in [4.78, 5) is 21.5. The molecule has 0 aromatic rings. The fraction of sp³-hybridized carbons (Fsp3) is 0.714. The molecule has 60 valence electrons. The Labute approximate surface area is 63.5 Å². The first-order valence-electron chi connectivity index (χ1n) is 3.58. The molecule has 0 amide bonds. The Morgan fingerprint density at radius 2 is 2.18 bits per heavy atom. The van der Waals surface area contributed by atoms with Crippen molar-refractivity contribution in [1.29, 1.82) is 0 Å². The fourth-order valence-corrected chi connectivity index (χ4v) is 1.47. The zero-order valence-corrected chi connectivity index (χ0v) is 5.96. The highest BCUT2D eigenvalue weighted by Gasteiger charge is 2.47. The maximum Gasteiger partial charge on any atom is 0.334 e. The third-order valence-electron chi connectivity index (χ3n) is 2.00. The van der Waals surface area contributed by atoms with Crippen molar-refractivity contribution in [3.8, 4) is 0 Å². The van der Waals surface area contributed by atoms with Gasteiger partial charge in [0.1, 0.15) is 12.4 Å². The molecule has 0 aromatic carbocycles. The van der Waals surface area contributed by atoms with Gasteiger partial charge in [0.15, 0.2) is 0 Å². The number of carbonyl (C=O) groups excluding carboxylic acids is 2. The topological polar surface area (TPSA) is 52.6 Å². The van der Waals surface area contributed by atoms with Crippen LogP contribution < -0.4 is 0 Å². The van der Waals surface area contributed by atoms with E-state index < -0.39 is 5.79 Å². The molecule has 1 atom stereocenters. The van der Waals surface area contributed by atoms with Gasteiger partial charge in [-0.1, -0.05) is 0 Å². The maximum absolute atomic E-state index is 10.8. The predicted octanol–water partition coefficient (Wildman–Crippen LogP) is 0.00910. The lowest BCUT2D eigenvalue weighted by Crippen LogP contribution is -2.26. The lowest BCUT2D eigenvalue weighted by atomic mass is 10.2. The number of rotatable bonds is 0. The first-order chi connectivity index (χ1) is 5.20. The molecule has 1 aliphatic carbocycles. The molecule has 2 aliphatic rings. The van der Waals surface area contributed by atoms with Crippen molar-refractivity contribution in [2.75, 3.05) is 6.61 Å². The third kappa shape index (κ3) is 1.03. The second-order valence-electron chi connectivity index (χ2n) is 2.89. The van der Waals surface area contributed by atoms with Crippen LogP contribution in [-0.2, 0) is 19.1 Å². The van der Waals surface area contributed by atoms with Gasteiger partial charge in [-0.25, -0.2) is 4.79 Å². The molecule has 4 nitrogen and oxygen atoms in total. The van der Waals surface area contributed by atoms with Gasteiger partial charge in [0, 0.05) is 12.8 Å². The average molecular weight is 156 g/mol. The van der Waals surface area contributed by atoms with Crippen LogP contribution in [0.2, 0.25) is 0 Å². The summed E-state index contributed by atoms with van der Waals surface area (Å²) in [5.41, 5.74) is 0. The smallest absolute Gasteiger partial charge is 0.334 e. The van der Waals surface area contributed by atoms with E-state index in [0.29, 0.717) is 12.8 Å². The van der Waals surface area contributed by atoms with Gasteiger partial charge < -0.3 is 9.47 Å². The molecule has 0 radical (unpaired) electrons. The number of esters is 1. The standard InChI is InChI=1S/C7H8O4/c8-5-1-2-7(3-5)10-4-6(9)11-7/h1-4H2. The Balaban J connectivity index is 2.13. The monoisotopic (exact) mass is 156 g/mol. The summed E-state index contributed by atoms with van der Waals surface area (Å²) in [6, 6.07) is 0. The number of carbonyl (C=O) groups is 2. The van der Waals surface area contributed by atoms with E-state index in [1.807, 2.05) is 0 Å². The SMILES string of the molecule is O=C1CCC2(C1)OCC(=O)O2. The van der Waals surface area contributed by atoms with Gasteiger partial charge in [-0.3, -0.25) is 4.79 Å². The molecule has 2 rings (SSSR count). The maximum atomic E-state index is 10.8. The average Bonchev–Trinajstić information content (AvgIpc) is 2.44. The summed E-state index contributed by atoms with van der Waals surface area (Å²) in [6.45, 7) is -0.00667. The van der Waals surface area contributed by atoms with E-state index >= 15 is 0 Å². The summed E-state index contributed by atoms with van der Waals surface area (Å²) in [5, 5.41) is 0. The molecule has 11 heavy (non-hydrogen) atoms. The predicted molar refractivity (Wildman–Crippen MR) is 33.6 cm³/mol. The minimum atomic E-state index is -0.867. The molecule has 0 N–H and O–H groups in total.